The van der Waals surface area contributed by atoms with E-state index in [9.17, 15) is 0 Å². The summed E-state index contributed by atoms with van der Waals surface area (Å²) in [6, 6.07) is 3.78. The minimum absolute atomic E-state index is 0.965. The maximum absolute atomic E-state index is 8.01. The zero-order valence-electron chi connectivity index (χ0n) is 4.11. The van der Waals surface area contributed by atoms with Crippen molar-refractivity contribution in [2.24, 2.45) is 5.16 Å². The van der Waals surface area contributed by atoms with Gasteiger partial charge in [0.05, 0.1) is 6.21 Å². The van der Waals surface area contributed by atoms with E-state index >= 15 is 0 Å². The van der Waals surface area contributed by atoms with Crippen LogP contribution in [0, 0.1) is 0 Å². The van der Waals surface area contributed by atoms with Gasteiger partial charge in [-0.15, -0.1) is 11.3 Å². The third-order valence-corrected chi connectivity index (χ3v) is 1.54. The number of rotatable bonds is 1. The Hall–Kier alpha value is -0.830. The van der Waals surface area contributed by atoms with Crippen LogP contribution in [0.3, 0.4) is 0 Å². The topological polar surface area (TPSA) is 32.6 Å². The van der Waals surface area contributed by atoms with Crippen molar-refractivity contribution >= 4 is 17.6 Å². The second-order valence-electron chi connectivity index (χ2n) is 1.26. The van der Waals surface area contributed by atoms with Gasteiger partial charge in [-0.25, -0.2) is 0 Å². The van der Waals surface area contributed by atoms with Gasteiger partial charge in [-0.1, -0.05) is 11.2 Å². The molecule has 3 heteroatoms. The molecule has 0 fully saturated rings. The Labute approximate surface area is 51.1 Å². The van der Waals surface area contributed by atoms with Gasteiger partial charge in [0, 0.05) is 4.88 Å². The van der Waals surface area contributed by atoms with Crippen LogP contribution in [0.4, 0.5) is 0 Å². The maximum Gasteiger partial charge on any atom is 0.0833 e. The summed E-state index contributed by atoms with van der Waals surface area (Å²) in [7, 11) is 0. The molecule has 0 radical (unpaired) electrons. The minimum Gasteiger partial charge on any atom is -0.411 e. The molecule has 8 heavy (non-hydrogen) atoms. The van der Waals surface area contributed by atoms with Crippen molar-refractivity contribution < 1.29 is 5.21 Å². The monoisotopic (exact) mass is 127 g/mol. The predicted octanol–water partition coefficient (Wildman–Crippen LogP) is 1.56. The summed E-state index contributed by atoms with van der Waals surface area (Å²) in [6.45, 7) is 0. The van der Waals surface area contributed by atoms with E-state index in [1.54, 1.807) is 0 Å². The first-order valence-corrected chi connectivity index (χ1v) is 3.02. The molecule has 0 aliphatic carbocycles. The van der Waals surface area contributed by atoms with Gasteiger partial charge in [0.25, 0.3) is 0 Å². The number of nitrogens with zero attached hydrogens (tertiary/aromatic N) is 1. The predicted molar refractivity (Wildman–Crippen MR) is 33.7 cm³/mol. The van der Waals surface area contributed by atoms with Gasteiger partial charge in [-0.05, 0) is 11.4 Å². The molecule has 1 rings (SSSR count). The van der Waals surface area contributed by atoms with Gasteiger partial charge < -0.3 is 5.21 Å². The number of oxime groups is 1. The van der Waals surface area contributed by atoms with Crippen LogP contribution in [-0.4, -0.2) is 11.4 Å². The fourth-order valence-corrected chi connectivity index (χ4v) is 1.00. The van der Waals surface area contributed by atoms with Crippen LogP contribution in [0.2, 0.25) is 0 Å². The molecule has 0 amide bonds. The summed E-state index contributed by atoms with van der Waals surface area (Å²) in [5, 5.41) is 12.8. The Morgan fingerprint density at radius 1 is 1.75 bits per heavy atom. The lowest BCUT2D eigenvalue weighted by Gasteiger charge is -1.73. The largest absolute Gasteiger partial charge is 0.411 e. The second-order valence-corrected chi connectivity index (χ2v) is 2.24. The van der Waals surface area contributed by atoms with E-state index in [0.29, 0.717) is 0 Å². The highest BCUT2D eigenvalue weighted by molar-refractivity contribution is 7.11. The summed E-state index contributed by atoms with van der Waals surface area (Å²) in [5.74, 6) is 0. The average Bonchev–Trinajstić information content (AvgIpc) is 2.19. The van der Waals surface area contributed by atoms with E-state index in [-0.39, 0.29) is 0 Å². The number of thiophene rings is 1. The first-order valence-electron chi connectivity index (χ1n) is 2.14. The lowest BCUT2D eigenvalue weighted by atomic mass is 10.5. The van der Waals surface area contributed by atoms with Gasteiger partial charge in [0.1, 0.15) is 0 Å². The average molecular weight is 127 g/mol. The molecule has 0 unspecified atom stereocenters. The fraction of sp³-hybridized carbons (Fsp3) is 0. The molecule has 1 aromatic rings. The first kappa shape index (κ1) is 5.31. The Morgan fingerprint density at radius 2 is 2.62 bits per heavy atom. The van der Waals surface area contributed by atoms with Crippen molar-refractivity contribution in [2.45, 2.75) is 0 Å². The van der Waals surface area contributed by atoms with Crippen LogP contribution in [0.5, 0.6) is 0 Å². The van der Waals surface area contributed by atoms with Crippen molar-refractivity contribution in [3.05, 3.63) is 22.4 Å². The summed E-state index contributed by atoms with van der Waals surface area (Å²) in [6.07, 6.45) is 1.41. The van der Waals surface area contributed by atoms with Gasteiger partial charge in [-0.3, -0.25) is 0 Å². The Bertz CT molecular complexity index is 169. The zero-order chi connectivity index (χ0) is 5.82. The molecule has 42 valence electrons. The van der Waals surface area contributed by atoms with Crippen LogP contribution >= 0.6 is 11.3 Å². The van der Waals surface area contributed by atoms with Crippen molar-refractivity contribution in [1.29, 1.82) is 0 Å². The first-order chi connectivity index (χ1) is 3.93. The molecular formula is C5H5NOS. The Kier molecular flexibility index (Phi) is 1.64. The van der Waals surface area contributed by atoms with E-state index in [1.165, 1.54) is 17.6 Å². The second kappa shape index (κ2) is 2.47. The van der Waals surface area contributed by atoms with Crippen LogP contribution in [0.1, 0.15) is 4.88 Å². The van der Waals surface area contributed by atoms with Gasteiger partial charge >= 0.3 is 0 Å². The molecule has 2 nitrogen and oxygen atoms in total. The molecule has 0 spiro atoms. The van der Waals surface area contributed by atoms with E-state index in [1.807, 2.05) is 17.5 Å². The number of hydrogen-bond donors (Lipinski definition) is 1. The highest BCUT2D eigenvalue weighted by Gasteiger charge is 1.82. The van der Waals surface area contributed by atoms with E-state index in [2.05, 4.69) is 5.16 Å². The van der Waals surface area contributed by atoms with Crippen LogP contribution < -0.4 is 0 Å². The zero-order valence-corrected chi connectivity index (χ0v) is 4.93. The SMILES string of the molecule is O/N=C\c1cccs1. The summed E-state index contributed by atoms with van der Waals surface area (Å²) < 4.78 is 0. The molecule has 1 heterocycles. The van der Waals surface area contributed by atoms with E-state index in [0.717, 1.165) is 4.88 Å². The molecule has 0 atom stereocenters. The van der Waals surface area contributed by atoms with Crippen molar-refractivity contribution in [2.75, 3.05) is 0 Å². The minimum atomic E-state index is 0.965. The summed E-state index contributed by atoms with van der Waals surface area (Å²) >= 11 is 1.54. The number of hydrogen-bond acceptors (Lipinski definition) is 3. The van der Waals surface area contributed by atoms with Gasteiger partial charge in [-0.2, -0.15) is 0 Å². The molecule has 1 N–H and O–H groups in total. The van der Waals surface area contributed by atoms with E-state index in [4.69, 9.17) is 5.21 Å². The van der Waals surface area contributed by atoms with Crippen molar-refractivity contribution in [3.8, 4) is 0 Å². The summed E-state index contributed by atoms with van der Waals surface area (Å²) in [4.78, 5) is 0.965. The van der Waals surface area contributed by atoms with Crippen molar-refractivity contribution in [3.63, 3.8) is 0 Å². The summed E-state index contributed by atoms with van der Waals surface area (Å²) in [5.41, 5.74) is 0. The third-order valence-electron chi connectivity index (χ3n) is 0.728. The molecule has 0 aromatic carbocycles. The third kappa shape index (κ3) is 1.07. The molecular weight excluding hydrogens is 122 g/mol. The molecule has 0 saturated heterocycles. The fourth-order valence-electron chi connectivity index (χ4n) is 0.422. The quantitative estimate of drug-likeness (QED) is 0.346. The Balaban J connectivity index is 2.77. The van der Waals surface area contributed by atoms with Crippen LogP contribution in [0.25, 0.3) is 0 Å². The van der Waals surface area contributed by atoms with Gasteiger partial charge in [0.2, 0.25) is 0 Å². The highest BCUT2D eigenvalue weighted by Crippen LogP contribution is 2.03. The lowest BCUT2D eigenvalue weighted by Crippen LogP contribution is -1.67. The van der Waals surface area contributed by atoms with Crippen LogP contribution in [-0.2, 0) is 0 Å². The maximum atomic E-state index is 8.01. The van der Waals surface area contributed by atoms with E-state index < -0.39 is 0 Å². The van der Waals surface area contributed by atoms with Gasteiger partial charge in [0.15, 0.2) is 0 Å². The molecule has 0 aliphatic rings. The molecule has 0 aliphatic heterocycles. The Morgan fingerprint density at radius 3 is 3.12 bits per heavy atom. The molecule has 1 aromatic heterocycles. The van der Waals surface area contributed by atoms with Crippen LogP contribution in [0.15, 0.2) is 22.7 Å². The smallest absolute Gasteiger partial charge is 0.0833 e. The standard InChI is InChI=1S/C5H5NOS/c7-6-4-5-2-1-3-8-5/h1-4,7H/b6-4-. The lowest BCUT2D eigenvalue weighted by molar-refractivity contribution is 0.322. The normalized spacial score (nSPS) is 10.5. The van der Waals surface area contributed by atoms with Crippen molar-refractivity contribution in [1.82, 2.24) is 0 Å². The highest BCUT2D eigenvalue weighted by atomic mass is 32.1. The molecule has 0 saturated carbocycles. The molecule has 0 bridgehead atoms.